The zero-order valence-electron chi connectivity index (χ0n) is 13.0. The summed E-state index contributed by atoms with van der Waals surface area (Å²) in [5.41, 5.74) is 10.8. The SMILES string of the molecule is CC1=CC=CC(C(N)=O)C1(CCC1N=CC(Br)=CC1(Cl)Br)C(N)=O. The number of rotatable bonds is 5. The first kappa shape index (κ1) is 19.4. The van der Waals surface area contributed by atoms with Gasteiger partial charge in [0.1, 0.15) is 3.78 Å². The van der Waals surface area contributed by atoms with Crippen molar-refractivity contribution in [3.63, 3.8) is 0 Å². The number of carbonyl (C=O) groups is 2. The first-order valence-corrected chi connectivity index (χ1v) is 9.32. The van der Waals surface area contributed by atoms with Gasteiger partial charge in [0.2, 0.25) is 11.8 Å². The van der Waals surface area contributed by atoms with Gasteiger partial charge < -0.3 is 11.5 Å². The molecule has 2 rings (SSSR count). The monoisotopic (exact) mass is 477 g/mol. The Morgan fingerprint density at radius 2 is 2.08 bits per heavy atom. The highest BCUT2D eigenvalue weighted by Gasteiger charge is 2.49. The molecule has 0 spiro atoms. The number of halogens is 3. The molecule has 0 saturated carbocycles. The highest BCUT2D eigenvalue weighted by atomic mass is 79.9. The molecule has 0 saturated heterocycles. The van der Waals surface area contributed by atoms with Gasteiger partial charge in [-0.2, -0.15) is 0 Å². The summed E-state index contributed by atoms with van der Waals surface area (Å²) in [6, 6.07) is -0.316. The minimum atomic E-state index is -1.16. The van der Waals surface area contributed by atoms with Gasteiger partial charge >= 0.3 is 0 Å². The Bertz CT molecular complexity index is 685. The van der Waals surface area contributed by atoms with Crippen molar-refractivity contribution in [1.29, 1.82) is 0 Å². The lowest BCUT2D eigenvalue weighted by Gasteiger charge is -2.39. The summed E-state index contributed by atoms with van der Waals surface area (Å²) in [5, 5.41) is 0. The van der Waals surface area contributed by atoms with Gasteiger partial charge in [0, 0.05) is 10.7 Å². The second-order valence-corrected chi connectivity index (χ2v) is 9.30. The van der Waals surface area contributed by atoms with E-state index in [1.807, 2.05) is 0 Å². The van der Waals surface area contributed by atoms with Crippen molar-refractivity contribution >= 4 is 61.5 Å². The van der Waals surface area contributed by atoms with Crippen molar-refractivity contribution < 1.29 is 9.59 Å². The quantitative estimate of drug-likeness (QED) is 0.593. The third-order valence-corrected chi connectivity index (χ3v) is 6.15. The van der Waals surface area contributed by atoms with Crippen LogP contribution in [-0.2, 0) is 9.59 Å². The predicted molar refractivity (Wildman–Crippen MR) is 103 cm³/mol. The van der Waals surface area contributed by atoms with Crippen LogP contribution in [0.1, 0.15) is 19.8 Å². The van der Waals surface area contributed by atoms with E-state index in [-0.39, 0.29) is 6.04 Å². The zero-order chi connectivity index (χ0) is 18.1. The van der Waals surface area contributed by atoms with Crippen LogP contribution < -0.4 is 11.5 Å². The molecule has 4 N–H and O–H groups in total. The fourth-order valence-electron chi connectivity index (χ4n) is 3.24. The Labute approximate surface area is 162 Å². The van der Waals surface area contributed by atoms with Crippen LogP contribution in [0.4, 0.5) is 0 Å². The van der Waals surface area contributed by atoms with E-state index in [4.69, 9.17) is 23.1 Å². The topological polar surface area (TPSA) is 98.5 Å². The summed E-state index contributed by atoms with van der Waals surface area (Å²) in [5.74, 6) is -1.94. The third kappa shape index (κ3) is 3.53. The highest BCUT2D eigenvalue weighted by Crippen LogP contribution is 2.46. The average Bonchev–Trinajstić information content (AvgIpc) is 2.46. The first-order chi connectivity index (χ1) is 11.1. The van der Waals surface area contributed by atoms with Gasteiger partial charge in [0.15, 0.2) is 0 Å². The molecule has 1 aliphatic carbocycles. The Hall–Kier alpha value is -0.920. The number of amides is 2. The molecule has 0 radical (unpaired) electrons. The van der Waals surface area contributed by atoms with Crippen molar-refractivity contribution in [2.24, 2.45) is 27.8 Å². The minimum absolute atomic E-state index is 0.316. The summed E-state index contributed by atoms with van der Waals surface area (Å²) in [6.45, 7) is 1.78. The Balaban J connectivity index is 2.31. The maximum absolute atomic E-state index is 12.3. The molecule has 2 amide bonds. The fourth-order valence-corrected chi connectivity index (χ4v) is 5.03. The lowest BCUT2D eigenvalue weighted by atomic mass is 9.64. The summed E-state index contributed by atoms with van der Waals surface area (Å²) >= 11 is 13.3. The van der Waals surface area contributed by atoms with Crippen LogP contribution in [0.15, 0.2) is 39.4 Å². The van der Waals surface area contributed by atoms with Gasteiger partial charge in [-0.3, -0.25) is 14.6 Å². The molecule has 0 aromatic carbocycles. The van der Waals surface area contributed by atoms with Crippen molar-refractivity contribution in [2.75, 3.05) is 0 Å². The van der Waals surface area contributed by atoms with Gasteiger partial charge in [-0.1, -0.05) is 51.3 Å². The van der Waals surface area contributed by atoms with Gasteiger partial charge in [0.05, 0.1) is 17.4 Å². The van der Waals surface area contributed by atoms with Crippen molar-refractivity contribution in [3.8, 4) is 0 Å². The van der Waals surface area contributed by atoms with Crippen LogP contribution in [0.2, 0.25) is 0 Å². The molecule has 130 valence electrons. The number of allylic oxidation sites excluding steroid dienone is 3. The molecule has 2 aliphatic rings. The van der Waals surface area contributed by atoms with Crippen LogP contribution in [0.25, 0.3) is 0 Å². The molecular formula is C16H18Br2ClN3O2. The molecule has 1 heterocycles. The maximum Gasteiger partial charge on any atom is 0.228 e. The van der Waals surface area contributed by atoms with Crippen LogP contribution in [0.3, 0.4) is 0 Å². The number of nitrogens with zero attached hydrogens (tertiary/aromatic N) is 1. The van der Waals surface area contributed by atoms with Gasteiger partial charge in [0.25, 0.3) is 0 Å². The maximum atomic E-state index is 12.3. The van der Waals surface area contributed by atoms with Gasteiger partial charge in [-0.15, -0.1) is 0 Å². The van der Waals surface area contributed by atoms with Crippen molar-refractivity contribution in [1.82, 2.24) is 0 Å². The lowest BCUT2D eigenvalue weighted by Crippen LogP contribution is -2.50. The number of alkyl halides is 2. The van der Waals surface area contributed by atoms with Crippen molar-refractivity contribution in [3.05, 3.63) is 34.4 Å². The largest absolute Gasteiger partial charge is 0.369 e. The van der Waals surface area contributed by atoms with E-state index in [0.29, 0.717) is 18.4 Å². The number of hydrogen-bond acceptors (Lipinski definition) is 3. The van der Waals surface area contributed by atoms with Crippen LogP contribution in [0.5, 0.6) is 0 Å². The third-order valence-electron chi connectivity index (χ3n) is 4.60. The van der Waals surface area contributed by atoms with E-state index in [1.165, 1.54) is 0 Å². The standard InChI is InChI=1S/C16H18Br2ClN3O2/c1-9-3-2-4-11(13(20)23)15(9,14(21)24)6-5-12-16(18,19)7-10(17)8-22-12/h2-4,7-8,11-12H,5-6H2,1H3,(H2,20,23)(H2,21,24). The average molecular weight is 480 g/mol. The highest BCUT2D eigenvalue weighted by molar-refractivity contribution is 9.12. The fraction of sp³-hybridized carbons (Fsp3) is 0.438. The summed E-state index contributed by atoms with van der Waals surface area (Å²) in [6.07, 6.45) is 9.36. The van der Waals surface area contributed by atoms with E-state index in [2.05, 4.69) is 36.9 Å². The predicted octanol–water partition coefficient (Wildman–Crippen LogP) is 2.92. The van der Waals surface area contributed by atoms with Crippen molar-refractivity contribution in [2.45, 2.75) is 29.6 Å². The normalized spacial score (nSPS) is 35.3. The van der Waals surface area contributed by atoms with Crippen LogP contribution in [-0.4, -0.2) is 27.9 Å². The molecule has 0 bridgehead atoms. The molecule has 4 atom stereocenters. The second kappa shape index (κ2) is 7.14. The molecule has 0 aromatic rings. The molecule has 0 fully saturated rings. The van der Waals surface area contributed by atoms with E-state index >= 15 is 0 Å². The van der Waals surface area contributed by atoms with Gasteiger partial charge in [-0.05, 0) is 41.8 Å². The number of carbonyl (C=O) groups excluding carboxylic acids is 2. The van der Waals surface area contributed by atoms with E-state index in [1.54, 1.807) is 37.4 Å². The zero-order valence-corrected chi connectivity index (χ0v) is 16.9. The molecule has 4 unspecified atom stereocenters. The Kier molecular flexibility index (Phi) is 5.77. The van der Waals surface area contributed by atoms with Gasteiger partial charge in [-0.25, -0.2) is 0 Å². The molecule has 24 heavy (non-hydrogen) atoms. The van der Waals surface area contributed by atoms with E-state index in [9.17, 15) is 9.59 Å². The molecule has 1 aliphatic heterocycles. The Morgan fingerprint density at radius 1 is 1.42 bits per heavy atom. The smallest absolute Gasteiger partial charge is 0.228 e. The summed E-state index contributed by atoms with van der Waals surface area (Å²) in [7, 11) is 0. The van der Waals surface area contributed by atoms with E-state index in [0.717, 1.165) is 4.48 Å². The van der Waals surface area contributed by atoms with Crippen LogP contribution >= 0.6 is 43.5 Å². The van der Waals surface area contributed by atoms with Crippen LogP contribution in [0, 0.1) is 11.3 Å². The number of dihydropyridines is 1. The lowest BCUT2D eigenvalue weighted by molar-refractivity contribution is -0.135. The Morgan fingerprint density at radius 3 is 2.62 bits per heavy atom. The number of nitrogens with two attached hydrogens (primary N) is 2. The summed E-state index contributed by atoms with van der Waals surface area (Å²) < 4.78 is -0.106. The number of primary amides is 2. The number of hydrogen-bond donors (Lipinski definition) is 2. The molecule has 5 nitrogen and oxygen atoms in total. The molecular weight excluding hydrogens is 461 g/mol. The minimum Gasteiger partial charge on any atom is -0.369 e. The summed E-state index contributed by atoms with van der Waals surface area (Å²) in [4.78, 5) is 28.6. The molecule has 8 heteroatoms. The van der Waals surface area contributed by atoms with E-state index < -0.39 is 26.9 Å². The second-order valence-electron chi connectivity index (χ2n) is 5.99. The first-order valence-electron chi connectivity index (χ1n) is 7.35. The molecule has 0 aromatic heterocycles. The number of aliphatic imine (C=N–C) groups is 1.